The van der Waals surface area contributed by atoms with E-state index in [2.05, 4.69) is 33.1 Å². The number of aromatic nitrogens is 3. The van der Waals surface area contributed by atoms with Crippen molar-refractivity contribution in [1.82, 2.24) is 15.0 Å². The Labute approximate surface area is 140 Å². The fraction of sp³-hybridized carbons (Fsp3) is 0.278. The van der Waals surface area contributed by atoms with Gasteiger partial charge in [-0.15, -0.1) is 0 Å². The molecule has 6 nitrogen and oxygen atoms in total. The number of ether oxygens (including phenoxy) is 2. The van der Waals surface area contributed by atoms with Gasteiger partial charge in [0.1, 0.15) is 11.9 Å². The first-order valence-corrected chi connectivity index (χ1v) is 7.95. The topological polar surface area (TPSA) is 60.4 Å². The van der Waals surface area contributed by atoms with Crippen LogP contribution in [0, 0.1) is 0 Å². The number of anilines is 1. The Morgan fingerprint density at radius 3 is 2.75 bits per heavy atom. The summed E-state index contributed by atoms with van der Waals surface area (Å²) in [6.07, 6.45) is 4.20. The first kappa shape index (κ1) is 14.7. The smallest absolute Gasteiger partial charge is 0.316 e. The molecule has 3 heterocycles. The molecule has 1 aromatic carbocycles. The molecule has 0 N–H and O–H groups in total. The van der Waals surface area contributed by atoms with Crippen molar-refractivity contribution in [2.24, 2.45) is 0 Å². The van der Waals surface area contributed by atoms with E-state index in [4.69, 9.17) is 14.5 Å². The van der Waals surface area contributed by atoms with Crippen molar-refractivity contribution in [3.8, 4) is 11.8 Å². The summed E-state index contributed by atoms with van der Waals surface area (Å²) in [6.45, 7) is 1.69. The van der Waals surface area contributed by atoms with E-state index in [9.17, 15) is 0 Å². The second-order valence-corrected chi connectivity index (χ2v) is 5.74. The van der Waals surface area contributed by atoms with Gasteiger partial charge in [-0.1, -0.05) is 18.2 Å². The Morgan fingerprint density at radius 1 is 1.08 bits per heavy atom. The number of hydrogen-bond acceptors (Lipinski definition) is 6. The van der Waals surface area contributed by atoms with Crippen LogP contribution in [0.5, 0.6) is 11.8 Å². The molecule has 0 radical (unpaired) electrons. The number of hydrogen-bond donors (Lipinski definition) is 0. The molecule has 24 heavy (non-hydrogen) atoms. The van der Waals surface area contributed by atoms with E-state index < -0.39 is 0 Å². The minimum Gasteiger partial charge on any atom is -0.494 e. The van der Waals surface area contributed by atoms with E-state index in [1.807, 2.05) is 18.2 Å². The Hall–Kier alpha value is -2.89. The predicted molar refractivity (Wildman–Crippen MR) is 91.6 cm³/mol. The Kier molecular flexibility index (Phi) is 3.86. The summed E-state index contributed by atoms with van der Waals surface area (Å²) >= 11 is 0. The predicted octanol–water partition coefficient (Wildman–Crippen LogP) is 2.69. The minimum absolute atomic E-state index is 0.0617. The molecule has 0 amide bonds. The van der Waals surface area contributed by atoms with Crippen molar-refractivity contribution < 1.29 is 9.47 Å². The molecule has 1 unspecified atom stereocenters. The Bertz CT molecular complexity index is 838. The maximum atomic E-state index is 5.87. The van der Waals surface area contributed by atoms with Gasteiger partial charge >= 0.3 is 6.01 Å². The van der Waals surface area contributed by atoms with Crippen LogP contribution in [-0.2, 0) is 0 Å². The van der Waals surface area contributed by atoms with Gasteiger partial charge in [-0.05, 0) is 18.2 Å². The van der Waals surface area contributed by atoms with Crippen LogP contribution in [0.3, 0.4) is 0 Å². The van der Waals surface area contributed by atoms with Crippen LogP contribution in [0.25, 0.3) is 10.9 Å². The molecule has 0 saturated carbocycles. The molecule has 1 aliphatic heterocycles. The zero-order valence-corrected chi connectivity index (χ0v) is 13.4. The fourth-order valence-electron chi connectivity index (χ4n) is 2.88. The highest BCUT2D eigenvalue weighted by atomic mass is 16.5. The van der Waals surface area contributed by atoms with Gasteiger partial charge in [-0.25, -0.2) is 4.98 Å². The molecule has 1 aliphatic rings. The summed E-state index contributed by atoms with van der Waals surface area (Å²) < 4.78 is 10.9. The summed E-state index contributed by atoms with van der Waals surface area (Å²) in [5.41, 5.74) is 1.01. The lowest BCUT2D eigenvalue weighted by Crippen LogP contribution is -2.25. The normalized spacial score (nSPS) is 17.2. The van der Waals surface area contributed by atoms with Crippen molar-refractivity contribution in [3.63, 3.8) is 0 Å². The highest BCUT2D eigenvalue weighted by Gasteiger charge is 2.25. The molecule has 1 atom stereocenters. The van der Waals surface area contributed by atoms with Crippen LogP contribution in [0.4, 0.5) is 5.82 Å². The molecular formula is C18H18N4O2. The van der Waals surface area contributed by atoms with Crippen LogP contribution in [0.15, 0.2) is 48.8 Å². The average Bonchev–Trinajstić information content (AvgIpc) is 3.10. The maximum Gasteiger partial charge on any atom is 0.316 e. The second kappa shape index (κ2) is 6.31. The molecule has 6 heteroatoms. The molecule has 3 aromatic rings. The third-order valence-electron chi connectivity index (χ3n) is 4.16. The van der Waals surface area contributed by atoms with E-state index in [0.717, 1.165) is 36.2 Å². The molecule has 4 rings (SSSR count). The summed E-state index contributed by atoms with van der Waals surface area (Å²) in [6, 6.07) is 12.7. The van der Waals surface area contributed by atoms with Crippen molar-refractivity contribution in [2.45, 2.75) is 12.5 Å². The van der Waals surface area contributed by atoms with Crippen molar-refractivity contribution >= 4 is 16.7 Å². The number of nitrogens with zero attached hydrogens (tertiary/aromatic N) is 4. The van der Waals surface area contributed by atoms with Gasteiger partial charge in [0.25, 0.3) is 0 Å². The second-order valence-electron chi connectivity index (χ2n) is 5.74. The van der Waals surface area contributed by atoms with Gasteiger partial charge in [0, 0.05) is 18.4 Å². The van der Waals surface area contributed by atoms with E-state index in [1.165, 1.54) is 0 Å². The lowest BCUT2D eigenvalue weighted by atomic mass is 10.2. The van der Waals surface area contributed by atoms with Gasteiger partial charge < -0.3 is 14.4 Å². The molecule has 1 fully saturated rings. The average molecular weight is 322 g/mol. The monoisotopic (exact) mass is 322 g/mol. The molecule has 2 aromatic heterocycles. The lowest BCUT2D eigenvalue weighted by Gasteiger charge is -2.18. The van der Waals surface area contributed by atoms with E-state index in [1.54, 1.807) is 19.5 Å². The highest BCUT2D eigenvalue weighted by Crippen LogP contribution is 2.23. The lowest BCUT2D eigenvalue weighted by molar-refractivity contribution is 0.205. The van der Waals surface area contributed by atoms with Crippen LogP contribution in [0.1, 0.15) is 6.42 Å². The number of pyridine rings is 1. The fourth-order valence-corrected chi connectivity index (χ4v) is 2.88. The highest BCUT2D eigenvalue weighted by molar-refractivity contribution is 5.80. The SMILES string of the molecule is COc1cnc(OC2CCN(c3ccc4ccccc4n3)C2)nc1. The van der Waals surface area contributed by atoms with Crippen LogP contribution in [-0.4, -0.2) is 41.3 Å². The summed E-state index contributed by atoms with van der Waals surface area (Å²) in [4.78, 5) is 15.3. The summed E-state index contributed by atoms with van der Waals surface area (Å²) in [7, 11) is 1.59. The molecule has 122 valence electrons. The third-order valence-corrected chi connectivity index (χ3v) is 4.16. The maximum absolute atomic E-state index is 5.87. The van der Waals surface area contributed by atoms with Crippen LogP contribution in [0.2, 0.25) is 0 Å². The quantitative estimate of drug-likeness (QED) is 0.736. The largest absolute Gasteiger partial charge is 0.494 e. The molecule has 0 spiro atoms. The zero-order chi connectivity index (χ0) is 16.4. The number of rotatable bonds is 4. The van der Waals surface area contributed by atoms with Gasteiger partial charge in [-0.2, -0.15) is 9.97 Å². The Balaban J connectivity index is 1.44. The molecule has 0 bridgehead atoms. The van der Waals surface area contributed by atoms with Gasteiger partial charge in [0.2, 0.25) is 0 Å². The van der Waals surface area contributed by atoms with Crippen molar-refractivity contribution in [1.29, 1.82) is 0 Å². The Morgan fingerprint density at radius 2 is 1.92 bits per heavy atom. The number of para-hydroxylation sites is 1. The molecular weight excluding hydrogens is 304 g/mol. The van der Waals surface area contributed by atoms with Gasteiger partial charge in [0.15, 0.2) is 5.75 Å². The number of methoxy groups -OCH3 is 1. The number of fused-ring (bicyclic) bond motifs is 1. The third kappa shape index (κ3) is 2.95. The summed E-state index contributed by atoms with van der Waals surface area (Å²) in [5.74, 6) is 1.60. The van der Waals surface area contributed by atoms with E-state index >= 15 is 0 Å². The van der Waals surface area contributed by atoms with Crippen LogP contribution >= 0.6 is 0 Å². The molecule has 1 saturated heterocycles. The molecule has 0 aliphatic carbocycles. The van der Waals surface area contributed by atoms with Crippen LogP contribution < -0.4 is 14.4 Å². The summed E-state index contributed by atoms with van der Waals surface area (Å²) in [5, 5.41) is 1.15. The van der Waals surface area contributed by atoms with Crippen molar-refractivity contribution in [3.05, 3.63) is 48.8 Å². The first-order valence-electron chi connectivity index (χ1n) is 7.95. The minimum atomic E-state index is 0.0617. The first-order chi connectivity index (χ1) is 11.8. The number of benzene rings is 1. The van der Waals surface area contributed by atoms with Gasteiger partial charge in [0.05, 0.1) is 31.6 Å². The van der Waals surface area contributed by atoms with Crippen molar-refractivity contribution in [2.75, 3.05) is 25.1 Å². The zero-order valence-electron chi connectivity index (χ0n) is 13.4. The van der Waals surface area contributed by atoms with E-state index in [0.29, 0.717) is 11.8 Å². The van der Waals surface area contributed by atoms with E-state index in [-0.39, 0.29) is 6.10 Å². The van der Waals surface area contributed by atoms with Gasteiger partial charge in [-0.3, -0.25) is 0 Å². The standard InChI is InChI=1S/C18H18N4O2/c1-23-15-10-19-18(20-11-15)24-14-8-9-22(12-14)17-7-6-13-4-2-3-5-16(13)21-17/h2-7,10-11,14H,8-9,12H2,1H3.